The number of phenols is 1. The highest BCUT2D eigenvalue weighted by Gasteiger charge is 2.66. The van der Waals surface area contributed by atoms with Crippen molar-refractivity contribution in [3.63, 3.8) is 0 Å². The van der Waals surface area contributed by atoms with E-state index >= 15 is 0 Å². The molecule has 7 unspecified atom stereocenters. The molecule has 2 heterocycles. The molecule has 2 bridgehead atoms. The molecule has 4 aliphatic rings. The fraction of sp³-hybridized carbons (Fsp3) is 0.643. The summed E-state index contributed by atoms with van der Waals surface area (Å²) in [6.07, 6.45) is 4.39. The van der Waals surface area contributed by atoms with Gasteiger partial charge in [0.05, 0.1) is 19.1 Å². The maximum absolute atomic E-state index is 13.1. The van der Waals surface area contributed by atoms with Gasteiger partial charge in [-0.2, -0.15) is 0 Å². The lowest BCUT2D eigenvalue weighted by atomic mass is 9.50. The maximum atomic E-state index is 13.1. The Bertz CT molecular complexity index is 1050. The third kappa shape index (κ3) is 4.08. The molecule has 196 valence electrons. The Labute approximate surface area is 212 Å². The highest BCUT2D eigenvalue weighted by atomic mass is 16.6. The fourth-order valence-corrected chi connectivity index (χ4v) is 7.51. The zero-order valence-corrected chi connectivity index (χ0v) is 21.3. The Morgan fingerprint density at radius 1 is 1.19 bits per heavy atom. The molecule has 2 saturated carbocycles. The van der Waals surface area contributed by atoms with Crippen LogP contribution in [0.2, 0.25) is 0 Å². The van der Waals surface area contributed by atoms with Crippen molar-refractivity contribution in [2.75, 3.05) is 20.2 Å². The average Bonchev–Trinajstić information content (AvgIpc) is 2.85. The molecular formula is C28H37NO7. The number of carbonyl (C=O) groups is 2. The number of aliphatic hydroxyl groups is 1. The first-order chi connectivity index (χ1) is 17.3. The first-order valence-corrected chi connectivity index (χ1v) is 13.1. The van der Waals surface area contributed by atoms with E-state index in [2.05, 4.69) is 17.9 Å². The first kappa shape index (κ1) is 25.1. The van der Waals surface area contributed by atoms with Crippen molar-refractivity contribution in [1.82, 2.24) is 4.90 Å². The monoisotopic (exact) mass is 499 g/mol. The molecule has 2 N–H and O–H groups in total. The SMILES string of the molecule is COc1cc(CCC(=O)OC2C(O)C3CCCN4CCC=C5C2C(OC(C)=O)C(C)CC534)ccc1O. The lowest BCUT2D eigenvalue weighted by Gasteiger charge is -2.66. The molecular weight excluding hydrogens is 462 g/mol. The minimum atomic E-state index is -0.823. The number of nitrogens with zero attached hydrogens (tertiary/aromatic N) is 1. The molecule has 8 nitrogen and oxygen atoms in total. The summed E-state index contributed by atoms with van der Waals surface area (Å²) in [6.45, 7) is 5.48. The van der Waals surface area contributed by atoms with E-state index < -0.39 is 24.3 Å². The summed E-state index contributed by atoms with van der Waals surface area (Å²) >= 11 is 0. The van der Waals surface area contributed by atoms with Gasteiger partial charge in [-0.25, -0.2) is 0 Å². The zero-order chi connectivity index (χ0) is 25.6. The van der Waals surface area contributed by atoms with Gasteiger partial charge in [0.15, 0.2) is 11.5 Å². The van der Waals surface area contributed by atoms with Gasteiger partial charge < -0.3 is 24.4 Å². The lowest BCUT2D eigenvalue weighted by Crippen LogP contribution is -2.74. The number of hydrogen-bond donors (Lipinski definition) is 2. The van der Waals surface area contributed by atoms with Crippen LogP contribution in [0.3, 0.4) is 0 Å². The second-order valence-corrected chi connectivity index (χ2v) is 10.8. The Kier molecular flexibility index (Phi) is 6.76. The second kappa shape index (κ2) is 9.71. The van der Waals surface area contributed by atoms with E-state index in [0.29, 0.717) is 12.2 Å². The van der Waals surface area contributed by atoms with Crippen LogP contribution >= 0.6 is 0 Å². The summed E-state index contributed by atoms with van der Waals surface area (Å²) in [5.41, 5.74) is 1.78. The van der Waals surface area contributed by atoms with Gasteiger partial charge in [-0.3, -0.25) is 14.5 Å². The van der Waals surface area contributed by atoms with Crippen LogP contribution in [-0.4, -0.2) is 71.1 Å². The molecule has 1 spiro atoms. The molecule has 1 aromatic rings. The fourth-order valence-electron chi connectivity index (χ4n) is 7.51. The quantitative estimate of drug-likeness (QED) is 0.455. The standard InChI is InChI=1S/C28H37NO7/c1-16-15-28-19-6-4-12-29(28)13-5-7-20(28)25(33)27(24(19)26(16)35-17(2)30)36-23(32)11-9-18-8-10-21(31)22(14-18)34-3/h6,8,10,14,16,20,24-27,31,33H,4-5,7,9,11-13,15H2,1-3H3. The lowest BCUT2D eigenvalue weighted by molar-refractivity contribution is -0.212. The first-order valence-electron chi connectivity index (χ1n) is 13.1. The van der Waals surface area contributed by atoms with Crippen molar-refractivity contribution in [3.05, 3.63) is 35.4 Å². The number of aliphatic hydroxyl groups excluding tert-OH is 1. The van der Waals surface area contributed by atoms with Crippen LogP contribution in [0.5, 0.6) is 11.5 Å². The van der Waals surface area contributed by atoms with Crippen molar-refractivity contribution in [2.24, 2.45) is 17.8 Å². The molecule has 1 saturated heterocycles. The van der Waals surface area contributed by atoms with Gasteiger partial charge in [0.2, 0.25) is 0 Å². The van der Waals surface area contributed by atoms with Gasteiger partial charge in [-0.1, -0.05) is 19.1 Å². The molecule has 8 heteroatoms. The van der Waals surface area contributed by atoms with E-state index in [1.165, 1.54) is 19.6 Å². The number of hydrogen-bond acceptors (Lipinski definition) is 8. The van der Waals surface area contributed by atoms with E-state index in [-0.39, 0.29) is 41.4 Å². The molecule has 2 aliphatic carbocycles. The van der Waals surface area contributed by atoms with E-state index in [1.54, 1.807) is 18.2 Å². The molecule has 0 radical (unpaired) electrons. The van der Waals surface area contributed by atoms with E-state index in [4.69, 9.17) is 14.2 Å². The number of benzene rings is 1. The van der Waals surface area contributed by atoms with Gasteiger partial charge >= 0.3 is 11.9 Å². The van der Waals surface area contributed by atoms with E-state index in [0.717, 1.165) is 44.3 Å². The Morgan fingerprint density at radius 3 is 2.75 bits per heavy atom. The van der Waals surface area contributed by atoms with Crippen molar-refractivity contribution >= 4 is 11.9 Å². The Balaban J connectivity index is 1.41. The number of rotatable bonds is 6. The minimum absolute atomic E-state index is 0.0195. The number of aryl methyl sites for hydroxylation is 1. The van der Waals surface area contributed by atoms with E-state index in [9.17, 15) is 19.8 Å². The molecule has 0 amide bonds. The highest BCUT2D eigenvalue weighted by Crippen LogP contribution is 2.59. The zero-order valence-electron chi connectivity index (χ0n) is 21.3. The summed E-state index contributed by atoms with van der Waals surface area (Å²) in [5.74, 6) is -0.661. The molecule has 7 atom stereocenters. The summed E-state index contributed by atoms with van der Waals surface area (Å²) in [6, 6.07) is 4.99. The van der Waals surface area contributed by atoms with Gasteiger partial charge in [0.1, 0.15) is 12.2 Å². The van der Waals surface area contributed by atoms with Crippen LogP contribution in [0.1, 0.15) is 51.5 Å². The largest absolute Gasteiger partial charge is 0.504 e. The Hall–Kier alpha value is -2.58. The summed E-state index contributed by atoms with van der Waals surface area (Å²) in [4.78, 5) is 27.7. The van der Waals surface area contributed by atoms with Gasteiger partial charge in [-0.05, 0) is 67.8 Å². The van der Waals surface area contributed by atoms with Gasteiger partial charge in [-0.15, -0.1) is 0 Å². The number of esters is 2. The van der Waals surface area contributed by atoms with Crippen LogP contribution in [0.15, 0.2) is 29.8 Å². The summed E-state index contributed by atoms with van der Waals surface area (Å²) in [5, 5.41) is 21.5. The van der Waals surface area contributed by atoms with Crippen molar-refractivity contribution in [3.8, 4) is 11.5 Å². The number of methoxy groups -OCH3 is 1. The number of phenolic OH excluding ortho intramolecular Hbond substituents is 1. The summed E-state index contributed by atoms with van der Waals surface area (Å²) < 4.78 is 17.1. The predicted octanol–water partition coefficient (Wildman–Crippen LogP) is 2.99. The van der Waals surface area contributed by atoms with E-state index in [1.807, 2.05) is 0 Å². The van der Waals surface area contributed by atoms with Gasteiger partial charge in [0.25, 0.3) is 0 Å². The van der Waals surface area contributed by atoms with Crippen molar-refractivity contribution in [1.29, 1.82) is 0 Å². The number of ether oxygens (including phenoxy) is 3. The molecule has 1 aromatic carbocycles. The normalized spacial score (nSPS) is 35.3. The number of aromatic hydroxyl groups is 1. The predicted molar refractivity (Wildman–Crippen MR) is 131 cm³/mol. The van der Waals surface area contributed by atoms with Crippen molar-refractivity contribution < 1.29 is 34.0 Å². The molecule has 3 fully saturated rings. The topological polar surface area (TPSA) is 106 Å². The van der Waals surface area contributed by atoms with Crippen LogP contribution < -0.4 is 4.74 Å². The molecule has 0 aromatic heterocycles. The van der Waals surface area contributed by atoms with Gasteiger partial charge in [0, 0.05) is 31.3 Å². The van der Waals surface area contributed by atoms with Crippen LogP contribution in [-0.2, 0) is 25.5 Å². The minimum Gasteiger partial charge on any atom is -0.504 e. The number of piperidine rings is 1. The highest BCUT2D eigenvalue weighted by molar-refractivity contribution is 5.70. The average molecular weight is 500 g/mol. The third-order valence-electron chi connectivity index (χ3n) is 8.83. The second-order valence-electron chi connectivity index (χ2n) is 10.8. The third-order valence-corrected chi connectivity index (χ3v) is 8.83. The molecule has 2 aliphatic heterocycles. The molecule has 36 heavy (non-hydrogen) atoms. The van der Waals surface area contributed by atoms with Crippen molar-refractivity contribution in [2.45, 2.75) is 76.2 Å². The van der Waals surface area contributed by atoms with Crippen LogP contribution in [0.4, 0.5) is 0 Å². The van der Waals surface area contributed by atoms with Crippen LogP contribution in [0, 0.1) is 17.8 Å². The smallest absolute Gasteiger partial charge is 0.306 e. The molecule has 5 rings (SSSR count). The number of carbonyl (C=O) groups excluding carboxylic acids is 2. The maximum Gasteiger partial charge on any atom is 0.306 e. The van der Waals surface area contributed by atoms with Crippen LogP contribution in [0.25, 0.3) is 0 Å². The Morgan fingerprint density at radius 2 is 2.00 bits per heavy atom. The summed E-state index contributed by atoms with van der Waals surface area (Å²) in [7, 11) is 1.48.